The molecule has 3 nitrogen and oxygen atoms in total. The van der Waals surface area contributed by atoms with E-state index in [2.05, 4.69) is 52.8 Å². The lowest BCUT2D eigenvalue weighted by Crippen LogP contribution is -2.33. The Labute approximate surface area is 162 Å². The average Bonchev–Trinajstić information content (AvgIpc) is 2.58. The molecule has 0 fully saturated rings. The monoisotopic (exact) mass is 384 g/mol. The fraction of sp³-hybridized carbons (Fsp3) is 0.391. The number of fused-ring (bicyclic) bond motifs is 1. The van der Waals surface area contributed by atoms with Gasteiger partial charge in [-0.25, -0.2) is 0 Å². The normalized spacial score (nSPS) is 18.8. The van der Waals surface area contributed by atoms with Crippen LogP contribution in [0.2, 0.25) is 0 Å². The maximum absolute atomic E-state index is 11.2. The van der Waals surface area contributed by atoms with Gasteiger partial charge in [0.2, 0.25) is 0 Å². The number of hydrogen-bond donors (Lipinski definition) is 1. The predicted octanol–water partition coefficient (Wildman–Crippen LogP) is 5.84. The molecular formula is C23H28O3S. The first-order valence-corrected chi connectivity index (χ1v) is 10.8. The second kappa shape index (κ2) is 6.61. The van der Waals surface area contributed by atoms with Crippen LogP contribution in [0, 0.1) is 0 Å². The molecular weight excluding hydrogens is 356 g/mol. The topological polar surface area (TPSA) is 54.4 Å². The molecule has 0 atom stereocenters. The zero-order valence-corrected chi connectivity index (χ0v) is 17.5. The first kappa shape index (κ1) is 19.8. The highest BCUT2D eigenvalue weighted by atomic mass is 32.2. The Morgan fingerprint density at radius 1 is 0.926 bits per heavy atom. The molecule has 4 heteroatoms. The highest BCUT2D eigenvalue weighted by molar-refractivity contribution is 7.85. The lowest BCUT2D eigenvalue weighted by Gasteiger charge is -2.42. The van der Waals surface area contributed by atoms with Crippen molar-refractivity contribution < 1.29 is 13.0 Å². The zero-order chi connectivity index (χ0) is 20.0. The molecule has 0 radical (unpaired) electrons. The van der Waals surface area contributed by atoms with Gasteiger partial charge in [-0.2, -0.15) is 8.42 Å². The summed E-state index contributed by atoms with van der Waals surface area (Å²) in [6, 6.07) is 13.0. The fourth-order valence-corrected chi connectivity index (χ4v) is 4.38. The predicted molar refractivity (Wildman–Crippen MR) is 112 cm³/mol. The van der Waals surface area contributed by atoms with Crippen LogP contribution in [0.3, 0.4) is 0 Å². The van der Waals surface area contributed by atoms with E-state index in [-0.39, 0.29) is 15.7 Å². The minimum atomic E-state index is -4.16. The number of allylic oxidation sites excluding steroid dienone is 1. The van der Waals surface area contributed by atoms with E-state index in [1.54, 1.807) is 12.1 Å². The highest BCUT2D eigenvalue weighted by Crippen LogP contribution is 2.46. The Kier molecular flexibility index (Phi) is 4.86. The lowest BCUT2D eigenvalue weighted by atomic mass is 9.63. The van der Waals surface area contributed by atoms with Crippen molar-refractivity contribution in [2.75, 3.05) is 0 Å². The van der Waals surface area contributed by atoms with Crippen LogP contribution in [0.5, 0.6) is 0 Å². The molecule has 1 aliphatic rings. The van der Waals surface area contributed by atoms with E-state index in [4.69, 9.17) is 4.55 Å². The summed E-state index contributed by atoms with van der Waals surface area (Å²) in [7, 11) is -4.16. The largest absolute Gasteiger partial charge is 0.294 e. The van der Waals surface area contributed by atoms with Crippen LogP contribution in [-0.2, 0) is 20.9 Å². The molecule has 144 valence electrons. The third-order valence-corrected chi connectivity index (χ3v) is 6.74. The van der Waals surface area contributed by atoms with Crippen molar-refractivity contribution in [3.63, 3.8) is 0 Å². The van der Waals surface area contributed by atoms with Gasteiger partial charge >= 0.3 is 0 Å². The van der Waals surface area contributed by atoms with Crippen molar-refractivity contribution >= 4 is 21.8 Å². The van der Waals surface area contributed by atoms with Crippen LogP contribution in [0.15, 0.2) is 47.4 Å². The van der Waals surface area contributed by atoms with Gasteiger partial charge in [-0.15, -0.1) is 0 Å². The number of benzene rings is 2. The lowest BCUT2D eigenvalue weighted by molar-refractivity contribution is 0.332. The van der Waals surface area contributed by atoms with Gasteiger partial charge < -0.3 is 0 Å². The van der Waals surface area contributed by atoms with Crippen LogP contribution >= 0.6 is 0 Å². The average molecular weight is 385 g/mol. The van der Waals surface area contributed by atoms with E-state index < -0.39 is 10.1 Å². The van der Waals surface area contributed by atoms with Gasteiger partial charge in [0.05, 0.1) is 4.90 Å². The third kappa shape index (κ3) is 4.02. The molecule has 1 aliphatic carbocycles. The van der Waals surface area contributed by atoms with Crippen LogP contribution in [-0.4, -0.2) is 13.0 Å². The van der Waals surface area contributed by atoms with Crippen molar-refractivity contribution in [1.29, 1.82) is 0 Å². The third-order valence-electron chi connectivity index (χ3n) is 5.87. The summed E-state index contributed by atoms with van der Waals surface area (Å²) in [5.74, 6) is 0. The van der Waals surface area contributed by atoms with Gasteiger partial charge in [0.15, 0.2) is 0 Å². The quantitative estimate of drug-likeness (QED) is 0.534. The minimum absolute atomic E-state index is 0.0879. The fourth-order valence-electron chi connectivity index (χ4n) is 3.90. The second-order valence-electron chi connectivity index (χ2n) is 8.90. The van der Waals surface area contributed by atoms with Gasteiger partial charge in [-0.05, 0) is 70.6 Å². The van der Waals surface area contributed by atoms with Crippen LogP contribution < -0.4 is 0 Å². The summed E-state index contributed by atoms with van der Waals surface area (Å²) in [6.07, 6.45) is 4.41. The van der Waals surface area contributed by atoms with E-state index in [0.717, 1.165) is 11.1 Å². The van der Waals surface area contributed by atoms with Crippen LogP contribution in [0.25, 0.3) is 11.6 Å². The van der Waals surface area contributed by atoms with E-state index in [0.29, 0.717) is 0 Å². The molecule has 2 aromatic rings. The van der Waals surface area contributed by atoms with Crippen LogP contribution in [0.4, 0.5) is 0 Å². The van der Waals surface area contributed by atoms with Gasteiger partial charge in [-0.3, -0.25) is 4.55 Å². The Morgan fingerprint density at radius 2 is 1.48 bits per heavy atom. The van der Waals surface area contributed by atoms with Crippen molar-refractivity contribution in [2.24, 2.45) is 0 Å². The summed E-state index contributed by atoms with van der Waals surface area (Å²) in [5.41, 5.74) is 6.43. The smallest absolute Gasteiger partial charge is 0.282 e. The molecule has 2 aromatic carbocycles. The molecule has 0 aromatic heterocycles. The summed E-state index contributed by atoms with van der Waals surface area (Å²) in [5, 5.41) is 0. The zero-order valence-electron chi connectivity index (χ0n) is 16.7. The molecule has 0 aliphatic heterocycles. The Balaban J connectivity index is 1.98. The maximum Gasteiger partial charge on any atom is 0.294 e. The van der Waals surface area contributed by atoms with E-state index in [1.165, 1.54) is 41.7 Å². The molecule has 0 saturated heterocycles. The molecule has 0 bridgehead atoms. The molecule has 0 saturated carbocycles. The summed E-state index contributed by atoms with van der Waals surface area (Å²) in [4.78, 5) is -0.0879. The molecule has 0 amide bonds. The van der Waals surface area contributed by atoms with Crippen molar-refractivity contribution in [3.8, 4) is 0 Å². The molecule has 0 heterocycles. The molecule has 3 rings (SSSR count). The van der Waals surface area contributed by atoms with Crippen molar-refractivity contribution in [3.05, 3.63) is 64.7 Å². The van der Waals surface area contributed by atoms with Crippen LogP contribution in [0.1, 0.15) is 69.7 Å². The van der Waals surface area contributed by atoms with E-state index in [9.17, 15) is 8.42 Å². The Bertz CT molecular complexity index is 994. The summed E-state index contributed by atoms with van der Waals surface area (Å²) in [6.45, 7) is 11.3. The van der Waals surface area contributed by atoms with Gasteiger partial charge in [0.25, 0.3) is 10.1 Å². The van der Waals surface area contributed by atoms with E-state index in [1.807, 2.05) is 6.08 Å². The highest BCUT2D eigenvalue weighted by Gasteiger charge is 2.36. The molecule has 0 spiro atoms. The maximum atomic E-state index is 11.2. The van der Waals surface area contributed by atoms with Crippen molar-refractivity contribution in [1.82, 2.24) is 0 Å². The molecule has 1 N–H and O–H groups in total. The standard InChI is InChI=1S/C23H28O3S/c1-16(14-17-6-9-19(10-7-17)27(24,25)26)18-8-11-20-21(15-18)23(4,5)13-12-22(20,2)3/h6-11,14-15H,12-13H2,1-5H3,(H,24,25,26)/b16-14-. The number of hydrogen-bond acceptors (Lipinski definition) is 2. The number of rotatable bonds is 3. The second-order valence-corrected chi connectivity index (χ2v) is 10.3. The summed E-state index contributed by atoms with van der Waals surface area (Å²) >= 11 is 0. The molecule has 0 unspecified atom stereocenters. The van der Waals surface area contributed by atoms with Gasteiger partial charge in [-0.1, -0.05) is 64.1 Å². The summed E-state index contributed by atoms with van der Waals surface area (Å²) < 4.78 is 31.5. The van der Waals surface area contributed by atoms with Gasteiger partial charge in [0.1, 0.15) is 0 Å². The first-order chi connectivity index (χ1) is 12.4. The van der Waals surface area contributed by atoms with E-state index >= 15 is 0 Å². The Morgan fingerprint density at radius 3 is 2.04 bits per heavy atom. The minimum Gasteiger partial charge on any atom is -0.282 e. The first-order valence-electron chi connectivity index (χ1n) is 9.31. The molecule has 27 heavy (non-hydrogen) atoms. The van der Waals surface area contributed by atoms with Gasteiger partial charge in [0, 0.05) is 0 Å². The van der Waals surface area contributed by atoms with Crippen molar-refractivity contribution in [2.45, 2.75) is 63.2 Å². The SMILES string of the molecule is C/C(=C/c1ccc(S(=O)(=O)O)cc1)c1ccc2c(c1)C(C)(C)CCC2(C)C. The Hall–Kier alpha value is -1.91.